The van der Waals surface area contributed by atoms with Gasteiger partial charge < -0.3 is 9.84 Å². The molecule has 0 heterocycles. The molecule has 3 rings (SSSR count). The quantitative estimate of drug-likeness (QED) is 0.183. The molecular formula is C30H30F2O3. The van der Waals surface area contributed by atoms with Crippen molar-refractivity contribution < 1.29 is 23.4 Å². The van der Waals surface area contributed by atoms with Crippen molar-refractivity contribution in [2.24, 2.45) is 0 Å². The van der Waals surface area contributed by atoms with Crippen LogP contribution in [0.1, 0.15) is 49.8 Å². The minimum Gasteiger partial charge on any atom is -0.494 e. The van der Waals surface area contributed by atoms with Gasteiger partial charge in [-0.1, -0.05) is 56.7 Å². The molecule has 0 atom stereocenters. The van der Waals surface area contributed by atoms with Gasteiger partial charge in [-0.2, -0.15) is 0 Å². The normalized spacial score (nSPS) is 12.0. The first-order chi connectivity index (χ1) is 16.8. The molecule has 5 heteroatoms. The topological polar surface area (TPSA) is 46.5 Å². The van der Waals surface area contributed by atoms with Crippen LogP contribution in [-0.2, 0) is 4.79 Å². The molecule has 35 heavy (non-hydrogen) atoms. The van der Waals surface area contributed by atoms with Crippen LogP contribution in [0.4, 0.5) is 8.78 Å². The highest BCUT2D eigenvalue weighted by atomic mass is 19.1. The van der Waals surface area contributed by atoms with Crippen LogP contribution in [0.25, 0.3) is 22.3 Å². The number of benzene rings is 3. The molecule has 0 saturated heterocycles. The van der Waals surface area contributed by atoms with E-state index in [0.717, 1.165) is 24.2 Å². The van der Waals surface area contributed by atoms with Gasteiger partial charge in [0.2, 0.25) is 0 Å². The molecular weight excluding hydrogens is 446 g/mol. The number of rotatable bonds is 10. The van der Waals surface area contributed by atoms with Gasteiger partial charge in [0.1, 0.15) is 17.4 Å². The van der Waals surface area contributed by atoms with E-state index in [4.69, 9.17) is 4.74 Å². The summed E-state index contributed by atoms with van der Waals surface area (Å²) in [4.78, 5) is 12.1. The van der Waals surface area contributed by atoms with E-state index in [1.165, 1.54) is 30.3 Å². The first kappa shape index (κ1) is 25.9. The zero-order valence-corrected chi connectivity index (χ0v) is 20.3. The molecule has 3 aromatic rings. The van der Waals surface area contributed by atoms with Crippen molar-refractivity contribution in [3.8, 4) is 16.9 Å². The Kier molecular flexibility index (Phi) is 8.96. The van der Waals surface area contributed by atoms with Crippen LogP contribution < -0.4 is 4.74 Å². The number of carboxylic acids is 1. The summed E-state index contributed by atoms with van der Waals surface area (Å²) < 4.78 is 35.0. The fourth-order valence-electron chi connectivity index (χ4n) is 3.79. The Morgan fingerprint density at radius 1 is 0.971 bits per heavy atom. The number of hydrogen-bond donors (Lipinski definition) is 1. The van der Waals surface area contributed by atoms with Crippen molar-refractivity contribution in [3.05, 3.63) is 101 Å². The van der Waals surface area contributed by atoms with Crippen molar-refractivity contribution in [1.82, 2.24) is 0 Å². The summed E-state index contributed by atoms with van der Waals surface area (Å²) in [5, 5.41) is 9.85. The van der Waals surface area contributed by atoms with Crippen molar-refractivity contribution in [1.29, 1.82) is 0 Å². The maximum Gasteiger partial charge on any atom is 0.336 e. The van der Waals surface area contributed by atoms with Gasteiger partial charge in [-0.25, -0.2) is 13.6 Å². The van der Waals surface area contributed by atoms with Crippen molar-refractivity contribution in [2.45, 2.75) is 40.0 Å². The predicted molar refractivity (Wildman–Crippen MR) is 137 cm³/mol. The molecule has 0 aromatic heterocycles. The van der Waals surface area contributed by atoms with Crippen molar-refractivity contribution >= 4 is 17.1 Å². The maximum atomic E-state index is 15.3. The smallest absolute Gasteiger partial charge is 0.336 e. The molecule has 0 radical (unpaired) electrons. The molecule has 182 valence electrons. The van der Waals surface area contributed by atoms with Gasteiger partial charge in [-0.3, -0.25) is 0 Å². The molecule has 0 spiro atoms. The molecule has 1 N–H and O–H groups in total. The molecule has 3 nitrogen and oxygen atoms in total. The second-order valence-electron chi connectivity index (χ2n) is 8.31. The number of hydrogen-bond acceptors (Lipinski definition) is 2. The van der Waals surface area contributed by atoms with E-state index in [-0.39, 0.29) is 16.7 Å². The Bertz CT molecular complexity index is 1260. The Morgan fingerprint density at radius 3 is 2.43 bits per heavy atom. The predicted octanol–water partition coefficient (Wildman–Crippen LogP) is 8.08. The number of carbonyl (C=O) groups is 1. The molecule has 0 amide bonds. The fourth-order valence-corrected chi connectivity index (χ4v) is 3.79. The first-order valence-corrected chi connectivity index (χ1v) is 11.8. The Morgan fingerprint density at radius 2 is 1.74 bits per heavy atom. The summed E-state index contributed by atoms with van der Waals surface area (Å²) >= 11 is 0. The largest absolute Gasteiger partial charge is 0.494 e. The van der Waals surface area contributed by atoms with E-state index in [2.05, 4.69) is 6.92 Å². The molecule has 0 bridgehead atoms. The molecule has 0 aliphatic heterocycles. The summed E-state index contributed by atoms with van der Waals surface area (Å²) in [6.45, 7) is 6.32. The van der Waals surface area contributed by atoms with Gasteiger partial charge in [0, 0.05) is 5.56 Å². The highest BCUT2D eigenvalue weighted by Gasteiger charge is 2.17. The van der Waals surface area contributed by atoms with Gasteiger partial charge in [0.15, 0.2) is 0 Å². The number of halogens is 2. The number of unbranched alkanes of at least 4 members (excludes halogenated alkanes) is 1. The van der Waals surface area contributed by atoms with Gasteiger partial charge in [0.25, 0.3) is 0 Å². The van der Waals surface area contributed by atoms with Crippen LogP contribution in [0.5, 0.6) is 5.75 Å². The first-order valence-electron chi connectivity index (χ1n) is 11.8. The summed E-state index contributed by atoms with van der Waals surface area (Å²) in [5.74, 6) is -1.49. The lowest BCUT2D eigenvalue weighted by molar-refractivity contribution is -0.130. The lowest BCUT2D eigenvalue weighted by Gasteiger charge is -2.12. The molecule has 0 unspecified atom stereocenters. The van der Waals surface area contributed by atoms with Crippen LogP contribution in [0.15, 0.2) is 72.8 Å². The highest BCUT2D eigenvalue weighted by Crippen LogP contribution is 2.31. The van der Waals surface area contributed by atoms with Crippen LogP contribution in [0, 0.1) is 18.6 Å². The second-order valence-corrected chi connectivity index (χ2v) is 8.31. The van der Waals surface area contributed by atoms with E-state index in [0.29, 0.717) is 29.7 Å². The molecule has 3 aromatic carbocycles. The summed E-state index contributed by atoms with van der Waals surface area (Å²) in [6.07, 6.45) is 5.74. The lowest BCUT2D eigenvalue weighted by Crippen LogP contribution is -2.03. The lowest BCUT2D eigenvalue weighted by atomic mass is 9.94. The van der Waals surface area contributed by atoms with Crippen LogP contribution in [0.2, 0.25) is 0 Å². The average molecular weight is 477 g/mol. The van der Waals surface area contributed by atoms with Gasteiger partial charge >= 0.3 is 5.97 Å². The summed E-state index contributed by atoms with van der Waals surface area (Å²) in [7, 11) is 0. The third-order valence-electron chi connectivity index (χ3n) is 5.66. The van der Waals surface area contributed by atoms with Crippen LogP contribution in [-0.4, -0.2) is 17.7 Å². The van der Waals surface area contributed by atoms with Crippen molar-refractivity contribution in [3.63, 3.8) is 0 Å². The molecule has 0 saturated carbocycles. The van der Waals surface area contributed by atoms with E-state index < -0.39 is 17.6 Å². The zero-order chi connectivity index (χ0) is 25.4. The Labute approximate surface area is 205 Å². The number of aliphatic carboxylic acids is 1. The molecule has 0 aliphatic carbocycles. The van der Waals surface area contributed by atoms with Gasteiger partial charge in [-0.05, 0) is 84.0 Å². The highest BCUT2D eigenvalue weighted by molar-refractivity contribution is 6.18. The third-order valence-corrected chi connectivity index (χ3v) is 5.66. The third kappa shape index (κ3) is 6.66. The van der Waals surface area contributed by atoms with Gasteiger partial charge in [-0.15, -0.1) is 0 Å². The Balaban J connectivity index is 1.99. The van der Waals surface area contributed by atoms with E-state index in [9.17, 15) is 14.3 Å². The molecule has 0 aliphatic rings. The number of ether oxygens (including phenoxy) is 1. The molecule has 0 fully saturated rings. The summed E-state index contributed by atoms with van der Waals surface area (Å²) in [6, 6.07) is 16.4. The monoisotopic (exact) mass is 476 g/mol. The number of allylic oxidation sites excluding steroid dienone is 3. The summed E-state index contributed by atoms with van der Waals surface area (Å²) in [5.41, 5.74) is 2.99. The standard InChI is InChI=1S/C30H30F2O3/c1-4-6-15-35-25-10-7-9-21(16-25)22-12-14-26(29(32)18-22)23(8-5-2)17-28(30(33)34)27-19-24(31)13-11-20(27)3/h7-14,16-19H,4-6,15H2,1-3H3,(H,33,34)/b23-8-,28-17+. The SMILES string of the molecule is CC/C=C(/C=C(/C(=O)O)c1cc(F)ccc1C)c1ccc(-c2cccc(OCCCC)c2)cc1F. The zero-order valence-electron chi connectivity index (χ0n) is 20.3. The van der Waals surface area contributed by atoms with Crippen LogP contribution >= 0.6 is 0 Å². The minimum atomic E-state index is -1.21. The van der Waals surface area contributed by atoms with E-state index >= 15 is 4.39 Å². The minimum absolute atomic E-state index is 0.0953. The van der Waals surface area contributed by atoms with E-state index in [1.54, 1.807) is 25.1 Å². The maximum absolute atomic E-state index is 15.3. The second kappa shape index (κ2) is 12.1. The van der Waals surface area contributed by atoms with E-state index in [1.807, 2.05) is 31.2 Å². The number of carboxylic acid groups (broad SMARTS) is 1. The average Bonchev–Trinajstić information content (AvgIpc) is 2.84. The Hall–Kier alpha value is -3.73. The van der Waals surface area contributed by atoms with Crippen LogP contribution in [0.3, 0.4) is 0 Å². The van der Waals surface area contributed by atoms with Gasteiger partial charge in [0.05, 0.1) is 12.2 Å². The fraction of sp³-hybridized carbons (Fsp3) is 0.233. The number of aryl methyl sites for hydroxylation is 1. The van der Waals surface area contributed by atoms with Crippen molar-refractivity contribution in [2.75, 3.05) is 6.61 Å².